The lowest BCUT2D eigenvalue weighted by atomic mass is 10.1. The van der Waals surface area contributed by atoms with E-state index in [0.29, 0.717) is 28.0 Å². The number of aryl methyl sites for hydroxylation is 1. The van der Waals surface area contributed by atoms with Crippen LogP contribution in [0.1, 0.15) is 39.6 Å². The Bertz CT molecular complexity index is 858. The number of amides is 2. The molecule has 0 saturated carbocycles. The second-order valence-corrected chi connectivity index (χ2v) is 6.93. The highest BCUT2D eigenvalue weighted by Crippen LogP contribution is 2.26. The van der Waals surface area contributed by atoms with Crippen LogP contribution in [0, 0.1) is 6.92 Å². The largest absolute Gasteiger partial charge is 0.492 e. The van der Waals surface area contributed by atoms with Gasteiger partial charge in [0.05, 0.1) is 11.1 Å². The van der Waals surface area contributed by atoms with Gasteiger partial charge in [-0.15, -0.1) is 0 Å². The predicted octanol–water partition coefficient (Wildman–Crippen LogP) is 3.50. The van der Waals surface area contributed by atoms with Gasteiger partial charge in [-0.2, -0.15) is 0 Å². The van der Waals surface area contributed by atoms with Crippen LogP contribution in [0.15, 0.2) is 46.9 Å². The zero-order chi connectivity index (χ0) is 19.8. The molecule has 0 aromatic heterocycles. The van der Waals surface area contributed by atoms with Crippen molar-refractivity contribution in [2.45, 2.75) is 20.3 Å². The van der Waals surface area contributed by atoms with Crippen LogP contribution in [0.3, 0.4) is 0 Å². The molecule has 0 aliphatic carbocycles. The van der Waals surface area contributed by atoms with Crippen molar-refractivity contribution in [2.75, 3.05) is 6.61 Å². The number of ether oxygens (including phenoxy) is 1. The summed E-state index contributed by atoms with van der Waals surface area (Å²) in [4.78, 5) is 24.4. The van der Waals surface area contributed by atoms with Gasteiger partial charge in [-0.1, -0.05) is 25.1 Å². The molecular formula is C19H20BrN3O3S. The molecule has 0 radical (unpaired) electrons. The first-order chi connectivity index (χ1) is 12.9. The van der Waals surface area contributed by atoms with E-state index in [-0.39, 0.29) is 11.0 Å². The summed E-state index contributed by atoms with van der Waals surface area (Å²) in [6.07, 6.45) is 0.892. The molecule has 2 rings (SSSR count). The molecule has 8 heteroatoms. The summed E-state index contributed by atoms with van der Waals surface area (Å²) in [7, 11) is 0. The molecule has 0 spiro atoms. The molecule has 142 valence electrons. The van der Waals surface area contributed by atoms with E-state index in [4.69, 9.17) is 17.0 Å². The SMILES string of the molecule is CCCOc1ccc(C(=O)NC(=S)NNC(=O)c2ccccc2C)cc1Br. The normalized spacial score (nSPS) is 10.0. The van der Waals surface area contributed by atoms with E-state index in [1.54, 1.807) is 30.3 Å². The van der Waals surface area contributed by atoms with Crippen LogP contribution >= 0.6 is 28.1 Å². The summed E-state index contributed by atoms with van der Waals surface area (Å²) < 4.78 is 6.23. The van der Waals surface area contributed by atoms with Crippen molar-refractivity contribution in [2.24, 2.45) is 0 Å². The summed E-state index contributed by atoms with van der Waals surface area (Å²) in [6, 6.07) is 12.2. The molecule has 3 N–H and O–H groups in total. The van der Waals surface area contributed by atoms with E-state index in [1.807, 2.05) is 26.0 Å². The Labute approximate surface area is 171 Å². The van der Waals surface area contributed by atoms with E-state index in [1.165, 1.54) is 0 Å². The van der Waals surface area contributed by atoms with Gasteiger partial charge in [0, 0.05) is 11.1 Å². The smallest absolute Gasteiger partial charge is 0.269 e. The fourth-order valence-electron chi connectivity index (χ4n) is 2.19. The molecule has 0 fully saturated rings. The first kappa shape index (κ1) is 20.9. The number of carbonyl (C=O) groups excluding carboxylic acids is 2. The highest BCUT2D eigenvalue weighted by molar-refractivity contribution is 9.10. The Morgan fingerprint density at radius 1 is 1.11 bits per heavy atom. The van der Waals surface area contributed by atoms with E-state index >= 15 is 0 Å². The Hall–Kier alpha value is -2.45. The number of halogens is 1. The van der Waals surface area contributed by atoms with Crippen molar-refractivity contribution in [1.29, 1.82) is 0 Å². The second kappa shape index (κ2) is 10.0. The van der Waals surface area contributed by atoms with Crippen molar-refractivity contribution < 1.29 is 14.3 Å². The fourth-order valence-corrected chi connectivity index (χ4v) is 2.82. The predicted molar refractivity (Wildman–Crippen MR) is 112 cm³/mol. The third-order valence-corrected chi connectivity index (χ3v) is 4.39. The number of hydrazine groups is 1. The van der Waals surface area contributed by atoms with Crippen molar-refractivity contribution >= 4 is 45.1 Å². The van der Waals surface area contributed by atoms with Gasteiger partial charge in [0.2, 0.25) is 0 Å². The maximum Gasteiger partial charge on any atom is 0.269 e. The fraction of sp³-hybridized carbons (Fsp3) is 0.211. The number of nitrogens with one attached hydrogen (secondary N) is 3. The molecule has 0 saturated heterocycles. The van der Waals surface area contributed by atoms with Gasteiger partial charge >= 0.3 is 0 Å². The van der Waals surface area contributed by atoms with Crippen LogP contribution in [0.25, 0.3) is 0 Å². The Morgan fingerprint density at radius 2 is 1.85 bits per heavy atom. The van der Waals surface area contributed by atoms with Gasteiger partial charge in [0.15, 0.2) is 5.11 Å². The molecule has 0 aliphatic heterocycles. The van der Waals surface area contributed by atoms with Gasteiger partial charge in [0.25, 0.3) is 11.8 Å². The summed E-state index contributed by atoms with van der Waals surface area (Å²) in [5.74, 6) is -0.0788. The minimum atomic E-state index is -0.402. The molecule has 0 aliphatic rings. The highest BCUT2D eigenvalue weighted by Gasteiger charge is 2.12. The van der Waals surface area contributed by atoms with Crippen LogP contribution < -0.4 is 20.9 Å². The van der Waals surface area contributed by atoms with Crippen molar-refractivity contribution in [1.82, 2.24) is 16.2 Å². The summed E-state index contributed by atoms with van der Waals surface area (Å²) in [6.45, 7) is 4.45. The van der Waals surface area contributed by atoms with Gasteiger partial charge in [-0.3, -0.25) is 25.8 Å². The first-order valence-corrected chi connectivity index (χ1v) is 9.52. The van der Waals surface area contributed by atoms with E-state index in [9.17, 15) is 9.59 Å². The average Bonchev–Trinajstić information content (AvgIpc) is 2.65. The summed E-state index contributed by atoms with van der Waals surface area (Å²) >= 11 is 8.44. The number of benzene rings is 2. The minimum Gasteiger partial charge on any atom is -0.492 e. The lowest BCUT2D eigenvalue weighted by Crippen LogP contribution is -2.48. The van der Waals surface area contributed by atoms with E-state index in [2.05, 4.69) is 32.1 Å². The van der Waals surface area contributed by atoms with Crippen LogP contribution in [0.5, 0.6) is 5.75 Å². The minimum absolute atomic E-state index is 0.00985. The maximum atomic E-state index is 12.3. The van der Waals surface area contributed by atoms with Crippen molar-refractivity contribution in [3.8, 4) is 5.75 Å². The molecule has 0 unspecified atom stereocenters. The zero-order valence-electron chi connectivity index (χ0n) is 15.0. The Morgan fingerprint density at radius 3 is 2.52 bits per heavy atom. The zero-order valence-corrected chi connectivity index (χ0v) is 17.4. The molecule has 2 aromatic rings. The molecule has 2 amide bonds. The molecule has 6 nitrogen and oxygen atoms in total. The monoisotopic (exact) mass is 449 g/mol. The molecule has 0 atom stereocenters. The van der Waals surface area contributed by atoms with E-state index < -0.39 is 5.91 Å². The average molecular weight is 450 g/mol. The maximum absolute atomic E-state index is 12.3. The first-order valence-electron chi connectivity index (χ1n) is 8.32. The van der Waals surface area contributed by atoms with E-state index in [0.717, 1.165) is 12.0 Å². The van der Waals surface area contributed by atoms with Crippen LogP contribution in [-0.2, 0) is 0 Å². The molecular weight excluding hydrogens is 430 g/mol. The quantitative estimate of drug-likeness (QED) is 0.480. The Kier molecular flexibility index (Phi) is 7.75. The summed E-state index contributed by atoms with van der Waals surface area (Å²) in [5, 5.41) is 2.50. The lowest BCUT2D eigenvalue weighted by Gasteiger charge is -2.12. The number of carbonyl (C=O) groups is 2. The lowest BCUT2D eigenvalue weighted by molar-refractivity contribution is 0.0934. The van der Waals surface area contributed by atoms with Crippen molar-refractivity contribution in [3.05, 3.63) is 63.6 Å². The van der Waals surface area contributed by atoms with Crippen molar-refractivity contribution in [3.63, 3.8) is 0 Å². The molecule has 0 heterocycles. The highest BCUT2D eigenvalue weighted by atomic mass is 79.9. The topological polar surface area (TPSA) is 79.5 Å². The summed E-state index contributed by atoms with van der Waals surface area (Å²) in [5.41, 5.74) is 6.75. The van der Waals surface area contributed by atoms with Crippen LogP contribution in [0.4, 0.5) is 0 Å². The number of hydrogen-bond donors (Lipinski definition) is 3. The van der Waals surface area contributed by atoms with Gasteiger partial charge in [-0.25, -0.2) is 0 Å². The number of thiocarbonyl (C=S) groups is 1. The third kappa shape index (κ3) is 6.04. The van der Waals surface area contributed by atoms with Gasteiger partial charge in [0.1, 0.15) is 5.75 Å². The molecule has 0 bridgehead atoms. The Balaban J connectivity index is 1.90. The molecule has 2 aromatic carbocycles. The number of rotatable bonds is 5. The van der Waals surface area contributed by atoms with Gasteiger partial charge in [-0.05, 0) is 71.3 Å². The van der Waals surface area contributed by atoms with Crippen LogP contribution in [0.2, 0.25) is 0 Å². The number of hydrogen-bond acceptors (Lipinski definition) is 4. The molecule has 27 heavy (non-hydrogen) atoms. The third-order valence-electron chi connectivity index (χ3n) is 3.56. The standard InChI is InChI=1S/C19H20BrN3O3S/c1-3-10-26-16-9-8-13(11-15(16)20)17(24)21-19(27)23-22-18(25)14-7-5-4-6-12(14)2/h4-9,11H,3,10H2,1-2H3,(H,22,25)(H2,21,23,24,27). The second-order valence-electron chi connectivity index (χ2n) is 5.67. The van der Waals surface area contributed by atoms with Crippen LogP contribution in [-0.4, -0.2) is 23.5 Å². The van der Waals surface area contributed by atoms with Gasteiger partial charge < -0.3 is 4.74 Å².